The van der Waals surface area contributed by atoms with Gasteiger partial charge in [0.2, 0.25) is 0 Å². The van der Waals surface area contributed by atoms with Gasteiger partial charge in [0.25, 0.3) is 5.91 Å². The van der Waals surface area contributed by atoms with Gasteiger partial charge in [-0.25, -0.2) is 0 Å². The Labute approximate surface area is 186 Å². The Morgan fingerprint density at radius 2 is 2.13 bits per heavy atom. The summed E-state index contributed by atoms with van der Waals surface area (Å²) in [4.78, 5) is 20.5. The molecule has 0 saturated carbocycles. The fourth-order valence-electron chi connectivity index (χ4n) is 4.11. The van der Waals surface area contributed by atoms with Crippen LogP contribution in [0.1, 0.15) is 63.6 Å². The minimum atomic E-state index is 0.0540. The van der Waals surface area contributed by atoms with Gasteiger partial charge in [-0.1, -0.05) is 35.1 Å². The molecule has 30 heavy (non-hydrogen) atoms. The van der Waals surface area contributed by atoms with Gasteiger partial charge in [-0.2, -0.15) is 0 Å². The van der Waals surface area contributed by atoms with Gasteiger partial charge >= 0.3 is 0 Å². The third kappa shape index (κ3) is 4.71. The van der Waals surface area contributed by atoms with Gasteiger partial charge in [-0.3, -0.25) is 9.78 Å². The Morgan fingerprint density at radius 3 is 2.93 bits per heavy atom. The van der Waals surface area contributed by atoms with Crippen molar-refractivity contribution in [2.75, 3.05) is 13.1 Å². The van der Waals surface area contributed by atoms with Crippen LogP contribution < -0.4 is 0 Å². The highest BCUT2D eigenvalue weighted by molar-refractivity contribution is 7.08. The zero-order valence-electron chi connectivity index (χ0n) is 17.3. The van der Waals surface area contributed by atoms with Crippen molar-refractivity contribution in [2.24, 2.45) is 0 Å². The molecule has 0 aliphatic carbocycles. The molecule has 0 radical (unpaired) electrons. The maximum Gasteiger partial charge on any atom is 0.267 e. The van der Waals surface area contributed by atoms with Crippen molar-refractivity contribution in [1.29, 1.82) is 0 Å². The molecule has 4 rings (SSSR count). The smallest absolute Gasteiger partial charge is 0.267 e. The second-order valence-electron chi connectivity index (χ2n) is 7.84. The highest BCUT2D eigenvalue weighted by Crippen LogP contribution is 2.29. The van der Waals surface area contributed by atoms with Gasteiger partial charge in [0, 0.05) is 35.4 Å². The number of aromatic nitrogens is 3. The Kier molecular flexibility index (Phi) is 6.44. The molecule has 1 aromatic carbocycles. The summed E-state index contributed by atoms with van der Waals surface area (Å²) in [5, 5.41) is 4.85. The Morgan fingerprint density at radius 1 is 1.27 bits per heavy atom. The lowest BCUT2D eigenvalue weighted by Crippen LogP contribution is -2.39. The molecule has 1 saturated heterocycles. The van der Waals surface area contributed by atoms with Crippen molar-refractivity contribution in [3.63, 3.8) is 0 Å². The van der Waals surface area contributed by atoms with Gasteiger partial charge in [0.15, 0.2) is 0 Å². The molecule has 3 heterocycles. The summed E-state index contributed by atoms with van der Waals surface area (Å²) in [5.41, 5.74) is 5.28. The fourth-order valence-corrected chi connectivity index (χ4v) is 5.04. The molecule has 1 amide bonds. The van der Waals surface area contributed by atoms with Crippen molar-refractivity contribution in [2.45, 2.75) is 45.4 Å². The normalized spacial score (nSPS) is 16.6. The second kappa shape index (κ2) is 9.23. The highest BCUT2D eigenvalue weighted by Gasteiger charge is 2.29. The lowest BCUT2D eigenvalue weighted by Gasteiger charge is -2.32. The summed E-state index contributed by atoms with van der Waals surface area (Å²) >= 11 is 7.35. The molecule has 1 aliphatic rings. The van der Waals surface area contributed by atoms with E-state index in [4.69, 9.17) is 16.6 Å². The number of hydrogen-bond donors (Lipinski definition) is 0. The number of halogens is 1. The van der Waals surface area contributed by atoms with Crippen LogP contribution in [-0.2, 0) is 12.8 Å². The number of amides is 1. The predicted octanol–water partition coefficient (Wildman–Crippen LogP) is 5.07. The predicted molar refractivity (Wildman–Crippen MR) is 120 cm³/mol. The van der Waals surface area contributed by atoms with E-state index < -0.39 is 0 Å². The first-order chi connectivity index (χ1) is 14.5. The second-order valence-corrected chi connectivity index (χ2v) is 9.03. The van der Waals surface area contributed by atoms with Crippen molar-refractivity contribution in [3.05, 3.63) is 74.5 Å². The van der Waals surface area contributed by atoms with Gasteiger partial charge in [0.1, 0.15) is 4.88 Å². The fraction of sp³-hybridized carbons (Fsp3) is 0.391. The number of piperidine rings is 1. The molecule has 0 spiro atoms. The first-order valence-corrected chi connectivity index (χ1v) is 11.5. The summed E-state index contributed by atoms with van der Waals surface area (Å²) < 4.78 is 3.98. The van der Waals surface area contributed by atoms with Crippen molar-refractivity contribution in [3.8, 4) is 0 Å². The maximum absolute atomic E-state index is 13.0. The first-order valence-electron chi connectivity index (χ1n) is 10.4. The number of pyridine rings is 1. The van der Waals surface area contributed by atoms with Crippen LogP contribution in [0, 0.1) is 6.92 Å². The Balaban J connectivity index is 1.53. The number of aryl methyl sites for hydroxylation is 2. The van der Waals surface area contributed by atoms with Crippen LogP contribution in [0.15, 0.2) is 36.4 Å². The van der Waals surface area contributed by atoms with Crippen LogP contribution in [0.4, 0.5) is 0 Å². The molecular formula is C23H25ClN4OS. The van der Waals surface area contributed by atoms with Crippen LogP contribution in [0.25, 0.3) is 0 Å². The van der Waals surface area contributed by atoms with Gasteiger partial charge in [-0.15, -0.1) is 5.10 Å². The van der Waals surface area contributed by atoms with E-state index in [1.807, 2.05) is 36.9 Å². The molecule has 1 aliphatic heterocycles. The van der Waals surface area contributed by atoms with E-state index >= 15 is 0 Å². The summed E-state index contributed by atoms with van der Waals surface area (Å²) in [5.74, 6) is 0.296. The number of carbonyl (C=O) groups excluding carboxylic acids is 1. The van der Waals surface area contributed by atoms with E-state index in [-0.39, 0.29) is 11.8 Å². The highest BCUT2D eigenvalue weighted by atomic mass is 35.5. The molecule has 0 unspecified atom stereocenters. The number of nitrogens with zero attached hydrogens (tertiary/aromatic N) is 4. The van der Waals surface area contributed by atoms with E-state index in [9.17, 15) is 4.79 Å². The Bertz CT molecular complexity index is 1050. The monoisotopic (exact) mass is 440 g/mol. The average Bonchev–Trinajstić information content (AvgIpc) is 3.22. The third-order valence-corrected chi connectivity index (χ3v) is 6.53. The molecule has 7 heteroatoms. The lowest BCUT2D eigenvalue weighted by molar-refractivity contribution is 0.0709. The number of likely N-dealkylation sites (tertiary alicyclic amines) is 1. The van der Waals surface area contributed by atoms with Crippen molar-refractivity contribution in [1.82, 2.24) is 19.5 Å². The zero-order valence-corrected chi connectivity index (χ0v) is 18.8. The SMILES string of the molecule is CCc1nnsc1C(=O)N1CCC[C@@H](c2cc(Cc3cccc(Cl)c3)cc(C)n2)C1. The number of rotatable bonds is 5. The number of hydrogen-bond acceptors (Lipinski definition) is 5. The van der Waals surface area contributed by atoms with Gasteiger partial charge in [-0.05, 0) is 79.5 Å². The molecule has 1 atom stereocenters. The Hall–Kier alpha value is -2.31. The molecular weight excluding hydrogens is 416 g/mol. The zero-order chi connectivity index (χ0) is 21.1. The van der Waals surface area contributed by atoms with E-state index in [2.05, 4.69) is 27.8 Å². The quantitative estimate of drug-likeness (QED) is 0.555. The summed E-state index contributed by atoms with van der Waals surface area (Å²) in [6.45, 7) is 5.50. The maximum atomic E-state index is 13.0. The molecule has 156 valence electrons. The summed E-state index contributed by atoms with van der Waals surface area (Å²) in [6, 6.07) is 12.3. The standard InChI is InChI=1S/C23H25ClN4OS/c1-3-20-22(30-27-26-20)23(29)28-9-5-7-18(14-28)21-13-17(10-15(2)25-21)11-16-6-4-8-19(24)12-16/h4,6,8,10,12-13,18H,3,5,7,9,11,14H2,1-2H3/t18-/m1/s1. The topological polar surface area (TPSA) is 59.0 Å². The van der Waals surface area contributed by atoms with Gasteiger partial charge in [0.05, 0.1) is 5.69 Å². The lowest BCUT2D eigenvalue weighted by atomic mass is 9.92. The number of benzene rings is 1. The van der Waals surface area contributed by atoms with Gasteiger partial charge < -0.3 is 4.90 Å². The minimum Gasteiger partial charge on any atom is -0.337 e. The molecule has 5 nitrogen and oxygen atoms in total. The van der Waals surface area contributed by atoms with Crippen molar-refractivity contribution < 1.29 is 4.79 Å². The molecule has 2 aromatic heterocycles. The van der Waals surface area contributed by atoms with Crippen LogP contribution >= 0.6 is 23.1 Å². The van der Waals surface area contributed by atoms with E-state index in [0.29, 0.717) is 11.4 Å². The van der Waals surface area contributed by atoms with E-state index in [1.54, 1.807) is 0 Å². The molecule has 0 N–H and O–H groups in total. The first kappa shape index (κ1) is 20.9. The summed E-state index contributed by atoms with van der Waals surface area (Å²) in [7, 11) is 0. The molecule has 3 aromatic rings. The van der Waals surface area contributed by atoms with Crippen LogP contribution in [0.5, 0.6) is 0 Å². The third-order valence-electron chi connectivity index (χ3n) is 5.54. The minimum absolute atomic E-state index is 0.0540. The van der Waals surface area contributed by atoms with Crippen LogP contribution in [0.2, 0.25) is 5.02 Å². The van der Waals surface area contributed by atoms with E-state index in [0.717, 1.165) is 54.3 Å². The van der Waals surface area contributed by atoms with E-state index in [1.165, 1.54) is 22.7 Å². The van der Waals surface area contributed by atoms with Crippen molar-refractivity contribution >= 4 is 29.0 Å². The summed E-state index contributed by atoms with van der Waals surface area (Å²) in [6.07, 6.45) is 3.56. The van der Waals surface area contributed by atoms with Crippen LogP contribution in [0.3, 0.4) is 0 Å². The number of carbonyl (C=O) groups is 1. The largest absolute Gasteiger partial charge is 0.337 e. The molecule has 1 fully saturated rings. The average molecular weight is 441 g/mol. The van der Waals surface area contributed by atoms with Crippen LogP contribution in [-0.4, -0.2) is 38.5 Å². The molecule has 0 bridgehead atoms.